The van der Waals surface area contributed by atoms with Crippen LogP contribution in [0.25, 0.3) is 0 Å². The van der Waals surface area contributed by atoms with Crippen LogP contribution in [-0.2, 0) is 16.3 Å². The molecule has 0 radical (unpaired) electrons. The lowest BCUT2D eigenvalue weighted by atomic mass is 10.2. The van der Waals surface area contributed by atoms with Crippen LogP contribution in [0.15, 0.2) is 53.7 Å². The summed E-state index contributed by atoms with van der Waals surface area (Å²) in [6, 6.07) is 11.0. The molecular weight excluding hydrogens is 284 g/mol. The Bertz CT molecular complexity index is 670. The number of sulfone groups is 1. The predicted molar refractivity (Wildman–Crippen MR) is 85.2 cm³/mol. The van der Waals surface area contributed by atoms with Gasteiger partial charge in [0.15, 0.2) is 9.84 Å². The van der Waals surface area contributed by atoms with Gasteiger partial charge >= 0.3 is 0 Å². The molecule has 21 heavy (non-hydrogen) atoms. The van der Waals surface area contributed by atoms with Gasteiger partial charge in [-0.15, -0.1) is 0 Å². The van der Waals surface area contributed by atoms with E-state index in [2.05, 4.69) is 10.3 Å². The monoisotopic (exact) mass is 304 g/mol. The molecule has 0 bridgehead atoms. The number of para-hydroxylation sites is 1. The van der Waals surface area contributed by atoms with Crippen LogP contribution in [0.2, 0.25) is 0 Å². The lowest BCUT2D eigenvalue weighted by molar-refractivity contribution is 0.595. The minimum atomic E-state index is -3.21. The summed E-state index contributed by atoms with van der Waals surface area (Å²) in [6.07, 6.45) is 4.96. The van der Waals surface area contributed by atoms with Crippen molar-refractivity contribution in [3.8, 4) is 0 Å². The van der Waals surface area contributed by atoms with Crippen molar-refractivity contribution in [3.05, 3.63) is 54.4 Å². The van der Waals surface area contributed by atoms with Crippen molar-refractivity contribution in [3.63, 3.8) is 0 Å². The fourth-order valence-corrected chi connectivity index (χ4v) is 3.67. The number of benzene rings is 1. The summed E-state index contributed by atoms with van der Waals surface area (Å²) in [4.78, 5) is 4.37. The van der Waals surface area contributed by atoms with Crippen molar-refractivity contribution >= 4 is 15.5 Å². The Morgan fingerprint density at radius 3 is 2.52 bits per heavy atom. The summed E-state index contributed by atoms with van der Waals surface area (Å²) in [5, 5.41) is 3.23. The van der Waals surface area contributed by atoms with Crippen LogP contribution in [0, 0.1) is 0 Å². The Balaban J connectivity index is 2.07. The van der Waals surface area contributed by atoms with Crippen LogP contribution >= 0.6 is 0 Å². The molecular formula is C16H20N2O2S. The molecule has 0 aliphatic carbocycles. The van der Waals surface area contributed by atoms with E-state index in [-0.39, 0.29) is 5.75 Å². The smallest absolute Gasteiger partial charge is 0.180 e. The van der Waals surface area contributed by atoms with Gasteiger partial charge in [0.2, 0.25) is 0 Å². The van der Waals surface area contributed by atoms with Crippen LogP contribution in [0.5, 0.6) is 0 Å². The van der Waals surface area contributed by atoms with Gasteiger partial charge in [-0.25, -0.2) is 8.42 Å². The minimum absolute atomic E-state index is 0.177. The highest BCUT2D eigenvalue weighted by atomic mass is 32.2. The zero-order chi connectivity index (χ0) is 15.1. The van der Waals surface area contributed by atoms with Gasteiger partial charge in [-0.05, 0) is 42.7 Å². The molecule has 0 aliphatic rings. The van der Waals surface area contributed by atoms with Gasteiger partial charge in [-0.2, -0.15) is 0 Å². The van der Waals surface area contributed by atoms with E-state index in [1.807, 2.05) is 31.2 Å². The van der Waals surface area contributed by atoms with E-state index in [0.717, 1.165) is 6.42 Å². The van der Waals surface area contributed by atoms with Crippen molar-refractivity contribution in [2.45, 2.75) is 24.7 Å². The number of hydrogen-bond acceptors (Lipinski definition) is 4. The van der Waals surface area contributed by atoms with Crippen LogP contribution in [0.4, 0.5) is 5.69 Å². The molecule has 0 atom stereocenters. The van der Waals surface area contributed by atoms with Crippen LogP contribution in [-0.4, -0.2) is 25.7 Å². The molecule has 112 valence electrons. The first kappa shape index (κ1) is 15.5. The first-order chi connectivity index (χ1) is 10.1. The summed E-state index contributed by atoms with van der Waals surface area (Å²) < 4.78 is 24.5. The fraction of sp³-hybridized carbons (Fsp3) is 0.312. The molecule has 0 amide bonds. The number of aromatic nitrogens is 1. The van der Waals surface area contributed by atoms with E-state index >= 15 is 0 Å². The van der Waals surface area contributed by atoms with Gasteiger partial charge in [0.25, 0.3) is 0 Å². The van der Waals surface area contributed by atoms with Crippen molar-refractivity contribution < 1.29 is 8.42 Å². The van der Waals surface area contributed by atoms with Crippen molar-refractivity contribution in [1.82, 2.24) is 4.98 Å². The summed E-state index contributed by atoms with van der Waals surface area (Å²) in [5.41, 5.74) is 1.85. The number of hydrogen-bond donors (Lipinski definition) is 1. The fourth-order valence-electron chi connectivity index (χ4n) is 2.15. The van der Waals surface area contributed by atoms with E-state index in [1.54, 1.807) is 24.5 Å². The van der Waals surface area contributed by atoms with Gasteiger partial charge in [0, 0.05) is 18.9 Å². The standard InChI is InChI=1S/C16H20N2O2S/c1-2-13-21(19,20)16-6-4-3-5-15(16)18-12-9-14-7-10-17-11-8-14/h3-8,10-11,18H,2,9,12-13H2,1H3. The lowest BCUT2D eigenvalue weighted by Crippen LogP contribution is -2.12. The third-order valence-corrected chi connectivity index (χ3v) is 5.15. The van der Waals surface area contributed by atoms with Crippen molar-refractivity contribution in [2.75, 3.05) is 17.6 Å². The maximum atomic E-state index is 12.2. The minimum Gasteiger partial charge on any atom is -0.384 e. The Morgan fingerprint density at radius 2 is 1.81 bits per heavy atom. The quantitative estimate of drug-likeness (QED) is 0.854. The molecule has 5 heteroatoms. The summed E-state index contributed by atoms with van der Waals surface area (Å²) >= 11 is 0. The molecule has 0 spiro atoms. The number of rotatable bonds is 7. The maximum absolute atomic E-state index is 12.2. The molecule has 0 fully saturated rings. The molecule has 0 saturated heterocycles. The van der Waals surface area contributed by atoms with E-state index in [0.29, 0.717) is 23.5 Å². The van der Waals surface area contributed by atoms with Crippen LogP contribution < -0.4 is 5.32 Å². The predicted octanol–water partition coefficient (Wildman–Crippen LogP) is 2.92. The number of nitrogens with one attached hydrogen (secondary N) is 1. The van der Waals surface area contributed by atoms with Crippen LogP contribution in [0.3, 0.4) is 0 Å². The Hall–Kier alpha value is -1.88. The highest BCUT2D eigenvalue weighted by molar-refractivity contribution is 7.91. The third-order valence-electron chi connectivity index (χ3n) is 3.17. The van der Waals surface area contributed by atoms with E-state index in [1.165, 1.54) is 5.56 Å². The normalized spacial score (nSPS) is 11.3. The molecule has 1 N–H and O–H groups in total. The second kappa shape index (κ2) is 7.22. The molecule has 1 aromatic carbocycles. The van der Waals surface area contributed by atoms with Crippen molar-refractivity contribution in [2.24, 2.45) is 0 Å². The first-order valence-electron chi connectivity index (χ1n) is 7.08. The molecule has 1 heterocycles. The van der Waals surface area contributed by atoms with E-state index in [4.69, 9.17) is 0 Å². The molecule has 2 rings (SSSR count). The number of pyridine rings is 1. The first-order valence-corrected chi connectivity index (χ1v) is 8.73. The average Bonchev–Trinajstić information content (AvgIpc) is 2.49. The highest BCUT2D eigenvalue weighted by Gasteiger charge is 2.16. The zero-order valence-electron chi connectivity index (χ0n) is 12.1. The second-order valence-corrected chi connectivity index (χ2v) is 6.92. The van der Waals surface area contributed by atoms with Gasteiger partial charge in [0.05, 0.1) is 16.3 Å². The molecule has 4 nitrogen and oxygen atoms in total. The lowest BCUT2D eigenvalue weighted by Gasteiger charge is -2.12. The average molecular weight is 304 g/mol. The summed E-state index contributed by atoms with van der Waals surface area (Å²) in [6.45, 7) is 2.56. The maximum Gasteiger partial charge on any atom is 0.180 e. The molecule has 0 saturated carbocycles. The Kier molecular flexibility index (Phi) is 5.33. The largest absolute Gasteiger partial charge is 0.384 e. The molecule has 0 aliphatic heterocycles. The SMILES string of the molecule is CCCS(=O)(=O)c1ccccc1NCCc1ccncc1. The molecule has 2 aromatic rings. The number of anilines is 1. The van der Waals surface area contributed by atoms with Gasteiger partial charge in [-0.3, -0.25) is 4.98 Å². The molecule has 1 aromatic heterocycles. The highest BCUT2D eigenvalue weighted by Crippen LogP contribution is 2.22. The van der Waals surface area contributed by atoms with Crippen LogP contribution in [0.1, 0.15) is 18.9 Å². The van der Waals surface area contributed by atoms with Gasteiger partial charge in [0.1, 0.15) is 0 Å². The summed E-state index contributed by atoms with van der Waals surface area (Å²) in [5.74, 6) is 0.177. The topological polar surface area (TPSA) is 59.1 Å². The Morgan fingerprint density at radius 1 is 1.10 bits per heavy atom. The van der Waals surface area contributed by atoms with Crippen molar-refractivity contribution in [1.29, 1.82) is 0 Å². The van der Waals surface area contributed by atoms with E-state index in [9.17, 15) is 8.42 Å². The zero-order valence-corrected chi connectivity index (χ0v) is 12.9. The number of nitrogens with zero attached hydrogens (tertiary/aromatic N) is 1. The van der Waals surface area contributed by atoms with Gasteiger partial charge in [-0.1, -0.05) is 19.1 Å². The van der Waals surface area contributed by atoms with Gasteiger partial charge < -0.3 is 5.32 Å². The molecule has 0 unspecified atom stereocenters. The van der Waals surface area contributed by atoms with E-state index < -0.39 is 9.84 Å². The second-order valence-electron chi connectivity index (χ2n) is 4.85. The summed E-state index contributed by atoms with van der Waals surface area (Å²) in [7, 11) is -3.21. The Labute approximate surface area is 126 Å². The third kappa shape index (κ3) is 4.29.